The van der Waals surface area contributed by atoms with Crippen molar-refractivity contribution in [2.45, 2.75) is 213 Å². The number of piperidine rings is 4. The number of carbonyl (C=O) groups is 4. The fourth-order valence-electron chi connectivity index (χ4n) is 15.0. The number of rotatable bonds is 11. The highest BCUT2D eigenvalue weighted by Gasteiger charge is 2.83. The minimum Gasteiger partial charge on any atom is -0.481 e. The van der Waals surface area contributed by atoms with Gasteiger partial charge in [0.25, 0.3) is 0 Å². The maximum absolute atomic E-state index is 15.7. The third-order valence-electron chi connectivity index (χ3n) is 14.2. The van der Waals surface area contributed by atoms with Crippen molar-refractivity contribution in [3.05, 3.63) is 0 Å². The molecular formula is C44H78N4O8. The fraction of sp³-hybridized carbons (Fsp3) is 0.909. The van der Waals surface area contributed by atoms with Crippen LogP contribution in [-0.2, 0) is 19.2 Å². The molecule has 2 atom stereocenters. The van der Waals surface area contributed by atoms with E-state index in [2.05, 4.69) is 21.3 Å². The molecule has 12 nitrogen and oxygen atoms in total. The van der Waals surface area contributed by atoms with E-state index < -0.39 is 115 Å². The van der Waals surface area contributed by atoms with Crippen LogP contribution in [0.4, 0.5) is 0 Å². The summed E-state index contributed by atoms with van der Waals surface area (Å²) in [6, 6.07) is 0. The number of hydrogen-bond donors (Lipinski definition) is 8. The molecular weight excluding hydrogens is 713 g/mol. The molecule has 8 N–H and O–H groups in total. The van der Waals surface area contributed by atoms with Crippen molar-refractivity contribution in [1.82, 2.24) is 21.3 Å². The maximum atomic E-state index is 15.7. The molecule has 0 aromatic heterocycles. The van der Waals surface area contributed by atoms with Gasteiger partial charge in [-0.2, -0.15) is 0 Å². The largest absolute Gasteiger partial charge is 0.481 e. The topological polar surface area (TPSA) is 197 Å². The lowest BCUT2D eigenvalue weighted by atomic mass is 9.32. The Morgan fingerprint density at radius 2 is 0.661 bits per heavy atom. The zero-order chi connectivity index (χ0) is 43.3. The van der Waals surface area contributed by atoms with E-state index in [9.17, 15) is 25.2 Å². The lowest BCUT2D eigenvalue weighted by Crippen LogP contribution is -2.79. The molecule has 0 amide bonds. The van der Waals surface area contributed by atoms with E-state index in [-0.39, 0.29) is 51.4 Å². The molecule has 4 heterocycles. The summed E-state index contributed by atoms with van der Waals surface area (Å²) < 4.78 is 0. The average Bonchev–Trinajstić information content (AvgIpc) is 2.86. The van der Waals surface area contributed by atoms with Crippen LogP contribution in [0, 0.1) is 39.9 Å². The highest BCUT2D eigenvalue weighted by Crippen LogP contribution is 2.74. The summed E-state index contributed by atoms with van der Waals surface area (Å²) in [5.74, 6) is -9.63. The first-order chi connectivity index (χ1) is 24.8. The lowest BCUT2D eigenvalue weighted by Gasteiger charge is -2.69. The Morgan fingerprint density at radius 3 is 0.875 bits per heavy atom. The van der Waals surface area contributed by atoms with E-state index in [0.717, 1.165) is 0 Å². The van der Waals surface area contributed by atoms with Gasteiger partial charge in [-0.1, -0.05) is 0 Å². The zero-order valence-corrected chi connectivity index (χ0v) is 37.6. The Balaban J connectivity index is 2.44. The van der Waals surface area contributed by atoms with Crippen LogP contribution in [0.25, 0.3) is 0 Å². The van der Waals surface area contributed by atoms with E-state index in [0.29, 0.717) is 0 Å². The first-order valence-corrected chi connectivity index (χ1v) is 20.9. The van der Waals surface area contributed by atoms with Gasteiger partial charge in [-0.3, -0.25) is 19.2 Å². The minimum absolute atomic E-state index is 0.139. The van der Waals surface area contributed by atoms with Gasteiger partial charge < -0.3 is 41.7 Å². The smallest absolute Gasteiger partial charge is 0.312 e. The van der Waals surface area contributed by atoms with E-state index in [1.165, 1.54) is 0 Å². The molecule has 56 heavy (non-hydrogen) atoms. The average molecular weight is 791 g/mol. The molecule has 4 aliphatic rings. The molecule has 0 aromatic carbocycles. The second-order valence-electron chi connectivity index (χ2n) is 24.1. The predicted molar refractivity (Wildman–Crippen MR) is 219 cm³/mol. The monoisotopic (exact) mass is 791 g/mol. The van der Waals surface area contributed by atoms with Gasteiger partial charge >= 0.3 is 23.9 Å². The predicted octanol–water partition coefficient (Wildman–Crippen LogP) is 6.90. The van der Waals surface area contributed by atoms with Gasteiger partial charge in [0.15, 0.2) is 0 Å². The van der Waals surface area contributed by atoms with Crippen LogP contribution in [0.5, 0.6) is 0 Å². The number of carboxylic acids is 4. The maximum Gasteiger partial charge on any atom is 0.312 e. The third kappa shape index (κ3) is 8.29. The van der Waals surface area contributed by atoms with Gasteiger partial charge in [0, 0.05) is 44.3 Å². The molecule has 0 aromatic rings. The highest BCUT2D eigenvalue weighted by molar-refractivity contribution is 5.96. The molecule has 4 rings (SSSR count). The summed E-state index contributed by atoms with van der Waals surface area (Å²) in [4.78, 5) is 60.2. The van der Waals surface area contributed by atoms with Crippen LogP contribution in [0.2, 0.25) is 0 Å². The van der Waals surface area contributed by atoms with Gasteiger partial charge in [-0.05, 0) is 186 Å². The van der Waals surface area contributed by atoms with Gasteiger partial charge in [0.1, 0.15) is 5.41 Å². The number of carboxylic acid groups (broad SMARTS) is 4. The second kappa shape index (κ2) is 13.9. The Hall–Kier alpha value is -2.28. The number of hydrogen-bond acceptors (Lipinski definition) is 8. The van der Waals surface area contributed by atoms with Crippen molar-refractivity contribution < 1.29 is 39.6 Å². The van der Waals surface area contributed by atoms with Gasteiger partial charge in [0.05, 0.1) is 17.3 Å². The summed E-state index contributed by atoms with van der Waals surface area (Å²) in [6.45, 7) is 31.6. The third-order valence-corrected chi connectivity index (χ3v) is 14.2. The lowest BCUT2D eigenvalue weighted by molar-refractivity contribution is -0.256. The van der Waals surface area contributed by atoms with Crippen LogP contribution < -0.4 is 21.3 Å². The van der Waals surface area contributed by atoms with Crippen molar-refractivity contribution in [2.24, 2.45) is 39.9 Å². The molecule has 0 saturated carbocycles. The molecule has 12 heteroatoms. The molecule has 322 valence electrons. The SMILES string of the molecule is CC1(C)CC(C(CC(=O)O)(C(=O)O)C(C(=O)O)(C2CC(C)(C)NC(C)(C)C2)C(C(=O)O)(C2CC(C)(C)NC(C)(C)C2)C2CC(C)(C)NC(C)(C)C2)CC(C)(C)N1. The zero-order valence-electron chi connectivity index (χ0n) is 37.6. The summed E-state index contributed by atoms with van der Waals surface area (Å²) in [5, 5.41) is 63.6. The molecule has 0 bridgehead atoms. The number of nitrogens with one attached hydrogen (secondary N) is 4. The van der Waals surface area contributed by atoms with E-state index in [1.54, 1.807) is 0 Å². The van der Waals surface area contributed by atoms with E-state index in [1.807, 2.05) is 111 Å². The molecule has 4 fully saturated rings. The molecule has 2 unspecified atom stereocenters. The fourth-order valence-corrected chi connectivity index (χ4v) is 15.0. The van der Waals surface area contributed by atoms with Crippen molar-refractivity contribution in [1.29, 1.82) is 0 Å². The second-order valence-corrected chi connectivity index (χ2v) is 24.1. The molecule has 0 aliphatic carbocycles. The Bertz CT molecular complexity index is 1480. The minimum atomic E-state index is -2.62. The standard InChI is InChI=1S/C44H78N4O8/c1-34(2)17-26(18-35(3,4)45-34)42(31(51)52,25-30(49)50)44(33(55)56,29-23-40(13,14)48-41(15,16)24-29)43(32(53)54,27-19-36(5,6)46-37(7,8)20-27)28-21-38(9,10)47-39(11,12)22-28/h26-29,45-48H,17-25H2,1-16H3,(H,49,50)(H,51,52)(H,53,54)(H,55,56). The van der Waals surface area contributed by atoms with Crippen LogP contribution in [0.1, 0.15) is 169 Å². The molecule has 4 saturated heterocycles. The Labute approximate surface area is 336 Å². The van der Waals surface area contributed by atoms with E-state index >= 15 is 14.4 Å². The number of aliphatic carboxylic acids is 4. The van der Waals surface area contributed by atoms with Crippen LogP contribution >= 0.6 is 0 Å². The Morgan fingerprint density at radius 1 is 0.411 bits per heavy atom. The summed E-state index contributed by atoms with van der Waals surface area (Å²) in [6.07, 6.45) is 0.563. The van der Waals surface area contributed by atoms with Crippen LogP contribution in [0.3, 0.4) is 0 Å². The summed E-state index contributed by atoms with van der Waals surface area (Å²) in [7, 11) is 0. The van der Waals surface area contributed by atoms with Crippen molar-refractivity contribution >= 4 is 23.9 Å². The Kier molecular flexibility index (Phi) is 11.5. The first kappa shape index (κ1) is 46.4. The highest BCUT2D eigenvalue weighted by atomic mass is 16.4. The van der Waals surface area contributed by atoms with Gasteiger partial charge in [-0.15, -0.1) is 0 Å². The normalized spacial score (nSPS) is 29.6. The quantitative estimate of drug-likeness (QED) is 0.108. The molecule has 0 radical (unpaired) electrons. The van der Waals surface area contributed by atoms with Crippen LogP contribution in [-0.4, -0.2) is 88.6 Å². The van der Waals surface area contributed by atoms with Gasteiger partial charge in [0.2, 0.25) is 0 Å². The van der Waals surface area contributed by atoms with Crippen LogP contribution in [0.15, 0.2) is 0 Å². The van der Waals surface area contributed by atoms with E-state index in [4.69, 9.17) is 0 Å². The summed E-state index contributed by atoms with van der Waals surface area (Å²) in [5.41, 5.74) is -13.1. The van der Waals surface area contributed by atoms with Crippen molar-refractivity contribution in [2.75, 3.05) is 0 Å². The van der Waals surface area contributed by atoms with Gasteiger partial charge in [-0.25, -0.2) is 0 Å². The summed E-state index contributed by atoms with van der Waals surface area (Å²) >= 11 is 0. The van der Waals surface area contributed by atoms with Crippen molar-refractivity contribution in [3.63, 3.8) is 0 Å². The first-order valence-electron chi connectivity index (χ1n) is 20.9. The van der Waals surface area contributed by atoms with Crippen molar-refractivity contribution in [3.8, 4) is 0 Å². The molecule has 0 spiro atoms. The molecule has 4 aliphatic heterocycles.